The Hall–Kier alpha value is -1.03. The second-order valence-corrected chi connectivity index (χ2v) is 6.03. The summed E-state index contributed by atoms with van der Waals surface area (Å²) in [5.74, 6) is 1.75. The van der Waals surface area contributed by atoms with E-state index in [0.717, 1.165) is 10.9 Å². The van der Waals surface area contributed by atoms with Gasteiger partial charge in [-0.15, -0.1) is 5.73 Å². The molecule has 1 heterocycles. The van der Waals surface area contributed by atoms with Crippen LogP contribution >= 0.6 is 7.14 Å². The molecule has 0 N–H and O–H groups in total. The molecule has 1 nitrogen and oxygen atoms in total. The smallest absolute Gasteiger partial charge is 0.148 e. The van der Waals surface area contributed by atoms with Crippen molar-refractivity contribution in [2.24, 2.45) is 0 Å². The molecule has 0 saturated heterocycles. The molecule has 1 aromatic rings. The van der Waals surface area contributed by atoms with Crippen molar-refractivity contribution in [1.82, 2.24) is 0 Å². The van der Waals surface area contributed by atoms with Crippen molar-refractivity contribution < 1.29 is 4.57 Å². The quantitative estimate of drug-likeness (QED) is 0.491. The van der Waals surface area contributed by atoms with Gasteiger partial charge in [0, 0.05) is 17.3 Å². The summed E-state index contributed by atoms with van der Waals surface area (Å²) in [5.41, 5.74) is 4.13. The molecule has 1 aliphatic heterocycles. The lowest BCUT2D eigenvalue weighted by Crippen LogP contribution is -2.03. The van der Waals surface area contributed by atoms with Crippen molar-refractivity contribution in [2.75, 3.05) is 6.16 Å². The molecule has 0 radical (unpaired) electrons. The number of hydrogen-bond acceptors (Lipinski definition) is 1. The number of allylic oxidation sites excluding steroid dienone is 1. The van der Waals surface area contributed by atoms with Crippen LogP contribution in [-0.4, -0.2) is 6.16 Å². The highest BCUT2D eigenvalue weighted by Crippen LogP contribution is 2.50. The fraction of sp³-hybridized carbons (Fsp3) is 0.182. The van der Waals surface area contributed by atoms with Gasteiger partial charge in [-0.05, 0) is 12.5 Å². The molecule has 2 heteroatoms. The van der Waals surface area contributed by atoms with E-state index < -0.39 is 7.14 Å². The molecular formula is C11H11OP. The summed E-state index contributed by atoms with van der Waals surface area (Å²) in [5, 5.41) is 0.944. The summed E-state index contributed by atoms with van der Waals surface area (Å²) in [6.45, 7) is 1.97. The summed E-state index contributed by atoms with van der Waals surface area (Å²) in [6.07, 6.45) is 0.664. The van der Waals surface area contributed by atoms with Gasteiger partial charge in [0.1, 0.15) is 7.14 Å². The van der Waals surface area contributed by atoms with E-state index in [-0.39, 0.29) is 0 Å². The summed E-state index contributed by atoms with van der Waals surface area (Å²) < 4.78 is 12.3. The zero-order valence-electron chi connectivity index (χ0n) is 7.53. The number of hydrogen-bond donors (Lipinski definition) is 0. The third-order valence-electron chi connectivity index (χ3n) is 2.18. The Balaban J connectivity index is 2.41. The SMILES string of the molecule is CC1=C=CP(=O)(c2ccccc2)C1. The van der Waals surface area contributed by atoms with E-state index in [0.29, 0.717) is 6.16 Å². The van der Waals surface area contributed by atoms with Gasteiger partial charge in [-0.1, -0.05) is 30.3 Å². The summed E-state index contributed by atoms with van der Waals surface area (Å²) in [6, 6.07) is 9.65. The molecule has 1 aromatic carbocycles. The fourth-order valence-electron chi connectivity index (χ4n) is 1.50. The van der Waals surface area contributed by atoms with Crippen LogP contribution < -0.4 is 5.30 Å². The lowest BCUT2D eigenvalue weighted by atomic mass is 10.4. The van der Waals surface area contributed by atoms with Gasteiger partial charge >= 0.3 is 0 Å². The molecule has 0 saturated carbocycles. The highest BCUT2D eigenvalue weighted by Gasteiger charge is 2.24. The minimum atomic E-state index is -2.25. The van der Waals surface area contributed by atoms with Crippen LogP contribution in [0.3, 0.4) is 0 Å². The van der Waals surface area contributed by atoms with E-state index in [1.165, 1.54) is 0 Å². The zero-order chi connectivity index (χ0) is 9.31. The van der Waals surface area contributed by atoms with Crippen molar-refractivity contribution in [1.29, 1.82) is 0 Å². The van der Waals surface area contributed by atoms with Crippen LogP contribution in [0.1, 0.15) is 6.92 Å². The van der Waals surface area contributed by atoms with Crippen LogP contribution in [-0.2, 0) is 4.57 Å². The molecular weight excluding hydrogens is 179 g/mol. The maximum absolute atomic E-state index is 12.3. The molecule has 0 aliphatic carbocycles. The van der Waals surface area contributed by atoms with E-state index in [4.69, 9.17) is 0 Å². The predicted molar refractivity (Wildman–Crippen MR) is 55.8 cm³/mol. The minimum Gasteiger partial charge on any atom is -0.313 e. The average Bonchev–Trinajstić information content (AvgIpc) is 2.49. The molecule has 0 bridgehead atoms. The van der Waals surface area contributed by atoms with E-state index in [2.05, 4.69) is 5.73 Å². The van der Waals surface area contributed by atoms with E-state index in [1.54, 1.807) is 5.82 Å². The first-order valence-corrected chi connectivity index (χ1v) is 6.24. The topological polar surface area (TPSA) is 17.1 Å². The monoisotopic (exact) mass is 190 g/mol. The van der Waals surface area contributed by atoms with Crippen LogP contribution in [0.15, 0.2) is 47.5 Å². The third-order valence-corrected chi connectivity index (χ3v) is 4.85. The Kier molecular flexibility index (Phi) is 2.00. The van der Waals surface area contributed by atoms with E-state index in [9.17, 15) is 4.57 Å². The molecule has 1 atom stereocenters. The maximum Gasteiger partial charge on any atom is 0.148 e. The second-order valence-electron chi connectivity index (χ2n) is 3.34. The molecule has 0 spiro atoms. The number of benzene rings is 1. The first-order chi connectivity index (χ1) is 6.21. The molecule has 13 heavy (non-hydrogen) atoms. The predicted octanol–water partition coefficient (Wildman–Crippen LogP) is 2.75. The van der Waals surface area contributed by atoms with Crippen molar-refractivity contribution >= 4 is 12.4 Å². The second kappa shape index (κ2) is 3.03. The van der Waals surface area contributed by atoms with E-state index >= 15 is 0 Å². The lowest BCUT2D eigenvalue weighted by molar-refractivity contribution is 0.588. The van der Waals surface area contributed by atoms with Gasteiger partial charge in [0.25, 0.3) is 0 Å². The minimum absolute atomic E-state index is 0.664. The fourth-order valence-corrected chi connectivity index (χ4v) is 3.83. The van der Waals surface area contributed by atoms with Crippen LogP contribution in [0.25, 0.3) is 0 Å². The Morgan fingerprint density at radius 1 is 1.31 bits per heavy atom. The van der Waals surface area contributed by atoms with Gasteiger partial charge in [0.15, 0.2) is 0 Å². The van der Waals surface area contributed by atoms with Gasteiger partial charge in [-0.25, -0.2) is 0 Å². The van der Waals surface area contributed by atoms with Crippen molar-refractivity contribution in [3.63, 3.8) is 0 Å². The van der Waals surface area contributed by atoms with Crippen LogP contribution in [0.5, 0.6) is 0 Å². The maximum atomic E-state index is 12.3. The molecule has 1 unspecified atom stereocenters. The molecule has 0 amide bonds. The number of rotatable bonds is 1. The summed E-state index contributed by atoms with van der Waals surface area (Å²) in [7, 11) is -2.25. The van der Waals surface area contributed by atoms with Crippen molar-refractivity contribution in [2.45, 2.75) is 6.92 Å². The van der Waals surface area contributed by atoms with Gasteiger partial charge in [0.05, 0.1) is 0 Å². The van der Waals surface area contributed by atoms with Gasteiger partial charge in [-0.2, -0.15) is 0 Å². The summed E-state index contributed by atoms with van der Waals surface area (Å²) >= 11 is 0. The molecule has 1 aliphatic rings. The van der Waals surface area contributed by atoms with E-state index in [1.807, 2.05) is 37.3 Å². The Bertz CT molecular complexity index is 425. The Morgan fingerprint density at radius 2 is 2.00 bits per heavy atom. The Morgan fingerprint density at radius 3 is 2.54 bits per heavy atom. The standard InChI is InChI=1S/C11H11OP/c1-10-7-8-13(12,9-10)11-5-3-2-4-6-11/h2-6,8H,9H2,1H3. The molecule has 0 aromatic heterocycles. The van der Waals surface area contributed by atoms with Crippen LogP contribution in [0.4, 0.5) is 0 Å². The summed E-state index contributed by atoms with van der Waals surface area (Å²) in [4.78, 5) is 0. The van der Waals surface area contributed by atoms with Crippen molar-refractivity contribution in [3.8, 4) is 0 Å². The third kappa shape index (κ3) is 1.54. The first-order valence-electron chi connectivity index (χ1n) is 4.28. The highest BCUT2D eigenvalue weighted by atomic mass is 31.2. The van der Waals surface area contributed by atoms with Gasteiger partial charge in [0.2, 0.25) is 0 Å². The largest absolute Gasteiger partial charge is 0.313 e. The Labute approximate surface area is 78.2 Å². The van der Waals surface area contributed by atoms with Gasteiger partial charge < -0.3 is 4.57 Å². The lowest BCUT2D eigenvalue weighted by Gasteiger charge is -2.09. The average molecular weight is 190 g/mol. The molecule has 0 fully saturated rings. The molecule has 2 rings (SSSR count). The van der Waals surface area contributed by atoms with Crippen molar-refractivity contribution in [3.05, 3.63) is 47.5 Å². The normalized spacial score (nSPS) is 26.1. The van der Waals surface area contributed by atoms with Crippen LogP contribution in [0.2, 0.25) is 0 Å². The first kappa shape index (κ1) is 8.56. The molecule has 66 valence electrons. The highest BCUT2D eigenvalue weighted by molar-refractivity contribution is 7.74. The zero-order valence-corrected chi connectivity index (χ0v) is 8.42. The van der Waals surface area contributed by atoms with Gasteiger partial charge in [-0.3, -0.25) is 0 Å². The van der Waals surface area contributed by atoms with Crippen LogP contribution in [0, 0.1) is 0 Å².